The van der Waals surface area contributed by atoms with E-state index in [4.69, 9.17) is 0 Å². The van der Waals surface area contributed by atoms with Gasteiger partial charge in [-0.2, -0.15) is 10.1 Å². The van der Waals surface area contributed by atoms with E-state index in [9.17, 15) is 14.7 Å². The number of carboxylic acids is 1. The molecule has 5 nitrogen and oxygen atoms in total. The number of carboxylic acid groups (broad SMARTS) is 1. The van der Waals surface area contributed by atoms with E-state index >= 15 is 0 Å². The number of rotatable bonds is 3. The minimum Gasteiger partial charge on any atom is -0.476 e. The molecule has 104 valence electrons. The van der Waals surface area contributed by atoms with E-state index in [-0.39, 0.29) is 11.3 Å². The largest absolute Gasteiger partial charge is 0.476 e. The van der Waals surface area contributed by atoms with Gasteiger partial charge in [-0.25, -0.2) is 4.79 Å². The van der Waals surface area contributed by atoms with Crippen LogP contribution in [0.1, 0.15) is 6.42 Å². The van der Waals surface area contributed by atoms with Gasteiger partial charge in [0, 0.05) is 0 Å². The third-order valence-corrected chi connectivity index (χ3v) is 3.21. The highest BCUT2D eigenvalue weighted by Gasteiger charge is 2.35. The molecule has 0 fully saturated rings. The first-order valence-electron chi connectivity index (χ1n) is 6.46. The Bertz CT molecular complexity index is 727. The molecule has 0 bridgehead atoms. The summed E-state index contributed by atoms with van der Waals surface area (Å²) in [4.78, 5) is 23.8. The lowest BCUT2D eigenvalue weighted by molar-refractivity contribution is -0.129. The molecule has 0 spiro atoms. The van der Waals surface area contributed by atoms with Gasteiger partial charge in [0.2, 0.25) is 0 Å². The van der Waals surface area contributed by atoms with E-state index < -0.39 is 11.9 Å². The van der Waals surface area contributed by atoms with E-state index in [1.165, 1.54) is 0 Å². The van der Waals surface area contributed by atoms with Crippen molar-refractivity contribution in [1.82, 2.24) is 0 Å². The fourth-order valence-electron chi connectivity index (χ4n) is 2.20. The van der Waals surface area contributed by atoms with Crippen LogP contribution in [0.3, 0.4) is 0 Å². The third-order valence-electron chi connectivity index (χ3n) is 3.21. The van der Waals surface area contributed by atoms with Crippen LogP contribution in [0.25, 0.3) is 0 Å². The molecule has 1 aromatic rings. The van der Waals surface area contributed by atoms with Crippen LogP contribution >= 0.6 is 0 Å². The molecule has 5 heteroatoms. The zero-order valence-electron chi connectivity index (χ0n) is 11.1. The number of anilines is 1. The molecule has 0 aromatic heterocycles. The quantitative estimate of drug-likeness (QED) is 0.863. The van der Waals surface area contributed by atoms with Crippen LogP contribution < -0.4 is 5.01 Å². The van der Waals surface area contributed by atoms with Crippen LogP contribution in [0.4, 0.5) is 5.69 Å². The lowest BCUT2D eigenvalue weighted by atomic mass is 10.1. The summed E-state index contributed by atoms with van der Waals surface area (Å²) in [5.74, 6) is -1.63. The molecule has 0 saturated carbocycles. The van der Waals surface area contributed by atoms with Crippen molar-refractivity contribution in [3.8, 4) is 0 Å². The van der Waals surface area contributed by atoms with Crippen molar-refractivity contribution in [3.63, 3.8) is 0 Å². The molecule has 0 unspecified atom stereocenters. The SMILES string of the molecule is O=C(O)C1=NN(c2ccccc2)C(=O)/C1=C\C1=CC=CC1. The third kappa shape index (κ3) is 2.41. The van der Waals surface area contributed by atoms with Crippen LogP contribution in [-0.4, -0.2) is 22.7 Å². The van der Waals surface area contributed by atoms with Crippen LogP contribution in [0.5, 0.6) is 0 Å². The molecule has 21 heavy (non-hydrogen) atoms. The van der Waals surface area contributed by atoms with E-state index in [2.05, 4.69) is 5.10 Å². The number of hydrogen-bond donors (Lipinski definition) is 1. The summed E-state index contributed by atoms with van der Waals surface area (Å²) < 4.78 is 0. The first-order valence-corrected chi connectivity index (χ1v) is 6.46. The molecule has 2 aliphatic rings. The zero-order valence-corrected chi connectivity index (χ0v) is 11.1. The fourth-order valence-corrected chi connectivity index (χ4v) is 2.20. The second-order valence-electron chi connectivity index (χ2n) is 4.64. The summed E-state index contributed by atoms with van der Waals surface area (Å²) in [5, 5.41) is 14.3. The standard InChI is InChI=1S/C16H12N2O3/c19-15-13(10-11-6-4-5-7-11)14(16(20)21)17-18(15)12-8-2-1-3-9-12/h1-6,8-10H,7H2,(H,20,21)/b13-10-. The number of nitrogens with zero attached hydrogens (tertiary/aromatic N) is 2. The number of hydrogen-bond acceptors (Lipinski definition) is 3. The molecule has 1 aliphatic heterocycles. The highest BCUT2D eigenvalue weighted by Crippen LogP contribution is 2.25. The number of carbonyl (C=O) groups excluding carboxylic acids is 1. The van der Waals surface area contributed by atoms with Gasteiger partial charge >= 0.3 is 5.97 Å². The van der Waals surface area contributed by atoms with E-state index in [0.29, 0.717) is 12.1 Å². The number of aliphatic carboxylic acids is 1. The number of allylic oxidation sites excluding steroid dienone is 5. The molecule has 0 atom stereocenters. The average Bonchev–Trinajstić information content (AvgIpc) is 3.10. The van der Waals surface area contributed by atoms with Crippen molar-refractivity contribution in [3.05, 3.63) is 65.8 Å². The Morgan fingerprint density at radius 1 is 1.29 bits per heavy atom. The maximum absolute atomic E-state index is 12.4. The van der Waals surface area contributed by atoms with Crippen molar-refractivity contribution in [2.75, 3.05) is 5.01 Å². The lowest BCUT2D eigenvalue weighted by Crippen LogP contribution is -2.22. The Balaban J connectivity index is 2.00. The van der Waals surface area contributed by atoms with Gasteiger partial charge in [-0.3, -0.25) is 4.79 Å². The summed E-state index contributed by atoms with van der Waals surface area (Å²) in [5.41, 5.74) is 1.32. The Labute approximate surface area is 121 Å². The molecule has 1 aromatic carbocycles. The first-order chi connectivity index (χ1) is 10.2. The monoisotopic (exact) mass is 280 g/mol. The summed E-state index contributed by atoms with van der Waals surface area (Å²) in [6, 6.07) is 8.77. The van der Waals surface area contributed by atoms with Gasteiger partial charge in [-0.05, 0) is 30.2 Å². The molecular weight excluding hydrogens is 268 g/mol. The highest BCUT2D eigenvalue weighted by molar-refractivity contribution is 6.52. The van der Waals surface area contributed by atoms with Crippen LogP contribution in [0.2, 0.25) is 0 Å². The molecule has 1 N–H and O–H groups in total. The van der Waals surface area contributed by atoms with Crippen LogP contribution in [0.15, 0.2) is 70.9 Å². The van der Waals surface area contributed by atoms with Gasteiger partial charge < -0.3 is 5.11 Å². The van der Waals surface area contributed by atoms with Crippen molar-refractivity contribution < 1.29 is 14.7 Å². The van der Waals surface area contributed by atoms with Crippen molar-refractivity contribution in [1.29, 1.82) is 0 Å². The molecule has 1 amide bonds. The normalized spacial score (nSPS) is 19.1. The Morgan fingerprint density at radius 2 is 2.05 bits per heavy atom. The Morgan fingerprint density at radius 3 is 2.67 bits per heavy atom. The second-order valence-corrected chi connectivity index (χ2v) is 4.64. The number of carbonyl (C=O) groups is 2. The van der Waals surface area contributed by atoms with Gasteiger partial charge in [0.15, 0.2) is 5.71 Å². The molecular formula is C16H12N2O3. The zero-order chi connectivity index (χ0) is 14.8. The average molecular weight is 280 g/mol. The number of benzene rings is 1. The Kier molecular flexibility index (Phi) is 3.23. The number of amides is 1. The molecule has 0 radical (unpaired) electrons. The lowest BCUT2D eigenvalue weighted by Gasteiger charge is -2.10. The van der Waals surface area contributed by atoms with Gasteiger partial charge in [-0.1, -0.05) is 36.4 Å². The first kappa shape index (κ1) is 13.1. The minimum atomic E-state index is -1.21. The second kappa shape index (κ2) is 5.20. The van der Waals surface area contributed by atoms with Gasteiger partial charge in [0.25, 0.3) is 5.91 Å². The van der Waals surface area contributed by atoms with Gasteiger partial charge in [0.05, 0.1) is 11.3 Å². The van der Waals surface area contributed by atoms with Crippen molar-refractivity contribution >= 4 is 23.3 Å². The van der Waals surface area contributed by atoms with E-state index in [0.717, 1.165) is 10.6 Å². The van der Waals surface area contributed by atoms with Crippen molar-refractivity contribution in [2.45, 2.75) is 6.42 Å². The van der Waals surface area contributed by atoms with E-state index in [1.54, 1.807) is 30.3 Å². The van der Waals surface area contributed by atoms with Crippen LogP contribution in [0, 0.1) is 0 Å². The molecule has 3 rings (SSSR count). The molecule has 0 saturated heterocycles. The predicted octanol–water partition coefficient (Wildman–Crippen LogP) is 2.29. The smallest absolute Gasteiger partial charge is 0.357 e. The van der Waals surface area contributed by atoms with E-state index in [1.807, 2.05) is 24.3 Å². The van der Waals surface area contributed by atoms with Crippen LogP contribution in [-0.2, 0) is 9.59 Å². The Hall–Kier alpha value is -2.95. The topological polar surface area (TPSA) is 70.0 Å². The molecule has 1 aliphatic carbocycles. The summed E-state index contributed by atoms with van der Waals surface area (Å²) in [7, 11) is 0. The van der Waals surface area contributed by atoms with Gasteiger partial charge in [-0.15, -0.1) is 0 Å². The highest BCUT2D eigenvalue weighted by atomic mass is 16.4. The minimum absolute atomic E-state index is 0.112. The molecule has 1 heterocycles. The maximum Gasteiger partial charge on any atom is 0.357 e. The van der Waals surface area contributed by atoms with Gasteiger partial charge in [0.1, 0.15) is 0 Å². The number of para-hydroxylation sites is 1. The summed E-state index contributed by atoms with van der Waals surface area (Å²) in [6.07, 6.45) is 7.95. The predicted molar refractivity (Wildman–Crippen MR) is 78.9 cm³/mol. The maximum atomic E-state index is 12.4. The summed E-state index contributed by atoms with van der Waals surface area (Å²) in [6.45, 7) is 0. The fraction of sp³-hybridized carbons (Fsp3) is 0.0625. The van der Waals surface area contributed by atoms with Crippen molar-refractivity contribution in [2.24, 2.45) is 5.10 Å². The number of hydrazone groups is 1. The summed E-state index contributed by atoms with van der Waals surface area (Å²) >= 11 is 0.